The zero-order valence-corrected chi connectivity index (χ0v) is 9.59. The predicted octanol–water partition coefficient (Wildman–Crippen LogP) is 1.82. The third-order valence-electron chi connectivity index (χ3n) is 1.54. The molecule has 4 nitrogen and oxygen atoms in total. The molecule has 1 rings (SSSR count). The summed E-state index contributed by atoms with van der Waals surface area (Å²) in [6.45, 7) is 0. The Hall–Kier alpha value is -0.720. The van der Waals surface area contributed by atoms with E-state index in [1.54, 1.807) is 6.07 Å². The van der Waals surface area contributed by atoms with Gasteiger partial charge in [-0.1, -0.05) is 15.9 Å². The fourth-order valence-electron chi connectivity index (χ4n) is 0.919. The van der Waals surface area contributed by atoms with Gasteiger partial charge in [0.1, 0.15) is 0 Å². The van der Waals surface area contributed by atoms with Crippen LogP contribution in [0, 0.1) is 0 Å². The van der Waals surface area contributed by atoms with E-state index >= 15 is 0 Å². The van der Waals surface area contributed by atoms with Gasteiger partial charge in [-0.2, -0.15) is 0 Å². The summed E-state index contributed by atoms with van der Waals surface area (Å²) in [4.78, 5) is 11.2. The Balaban J connectivity index is 3.28. The molecule has 0 aromatic heterocycles. The summed E-state index contributed by atoms with van der Waals surface area (Å²) < 4.78 is 24.9. The molecule has 0 radical (unpaired) electrons. The topological polar surface area (TPSA) is 63.6 Å². The molecule has 76 valence electrons. The number of carbonyl (C=O) groups is 1. The Morgan fingerprint density at radius 1 is 1.57 bits per heavy atom. The molecule has 0 bridgehead atoms. The molecule has 0 fully saturated rings. The highest BCUT2D eigenvalue weighted by molar-refractivity contribution is 9.10. The number of carbonyl (C=O) groups excluding carboxylic acids is 1. The van der Waals surface area contributed by atoms with Crippen molar-refractivity contribution in [3.63, 3.8) is 0 Å². The molecule has 0 saturated carbocycles. The molecule has 1 aromatic rings. The first-order valence-corrected chi connectivity index (χ1v) is 5.45. The van der Waals surface area contributed by atoms with Crippen molar-refractivity contribution < 1.29 is 18.3 Å². The van der Waals surface area contributed by atoms with Crippen LogP contribution in [0.2, 0.25) is 0 Å². The van der Waals surface area contributed by atoms with Crippen LogP contribution in [0.15, 0.2) is 27.6 Å². The van der Waals surface area contributed by atoms with Gasteiger partial charge in [0.2, 0.25) is 0 Å². The number of ether oxygens (including phenoxy) is 1. The molecule has 0 spiro atoms. The quantitative estimate of drug-likeness (QED) is 0.662. The lowest BCUT2D eigenvalue weighted by atomic mass is 10.2. The molecule has 1 N–H and O–H groups in total. The Morgan fingerprint density at radius 3 is 2.71 bits per heavy atom. The van der Waals surface area contributed by atoms with E-state index in [2.05, 4.69) is 20.7 Å². The van der Waals surface area contributed by atoms with Gasteiger partial charge < -0.3 is 9.29 Å². The van der Waals surface area contributed by atoms with Crippen molar-refractivity contribution in [2.75, 3.05) is 7.11 Å². The molecule has 0 saturated heterocycles. The zero-order chi connectivity index (χ0) is 10.7. The van der Waals surface area contributed by atoms with Crippen molar-refractivity contribution in [2.24, 2.45) is 0 Å². The molecule has 14 heavy (non-hydrogen) atoms. The van der Waals surface area contributed by atoms with Crippen LogP contribution in [-0.2, 0) is 15.8 Å². The average Bonchev–Trinajstić information content (AvgIpc) is 2.16. The average molecular weight is 279 g/mol. The first-order valence-electron chi connectivity index (χ1n) is 3.55. The maximum Gasteiger partial charge on any atom is 0.339 e. The van der Waals surface area contributed by atoms with E-state index in [4.69, 9.17) is 4.55 Å². The summed E-state index contributed by atoms with van der Waals surface area (Å²) in [6, 6.07) is 4.43. The zero-order valence-electron chi connectivity index (χ0n) is 7.19. The van der Waals surface area contributed by atoms with E-state index < -0.39 is 17.0 Å². The van der Waals surface area contributed by atoms with Crippen molar-refractivity contribution in [3.8, 4) is 0 Å². The fourth-order valence-corrected chi connectivity index (χ4v) is 2.00. The van der Waals surface area contributed by atoms with Gasteiger partial charge in [0.15, 0.2) is 11.1 Å². The summed E-state index contributed by atoms with van der Waals surface area (Å²) >= 11 is 0.934. The third-order valence-corrected chi connectivity index (χ3v) is 2.74. The Morgan fingerprint density at radius 2 is 2.21 bits per heavy atom. The normalized spacial score (nSPS) is 12.2. The summed E-state index contributed by atoms with van der Waals surface area (Å²) in [5.41, 5.74) is 0.0940. The van der Waals surface area contributed by atoms with Crippen LogP contribution in [0.3, 0.4) is 0 Å². The maximum absolute atomic E-state index is 11.2. The SMILES string of the molecule is COC(=O)c1ccc(Br)cc1S(=O)O. The molecular formula is C8H7BrO4S. The second kappa shape index (κ2) is 4.68. The highest BCUT2D eigenvalue weighted by Crippen LogP contribution is 2.19. The van der Waals surface area contributed by atoms with E-state index in [0.717, 1.165) is 0 Å². The number of halogens is 1. The first-order chi connectivity index (χ1) is 6.56. The summed E-state index contributed by atoms with van der Waals surface area (Å²) in [5.74, 6) is -0.630. The van der Waals surface area contributed by atoms with Gasteiger partial charge in [-0.15, -0.1) is 0 Å². The van der Waals surface area contributed by atoms with Crippen LogP contribution >= 0.6 is 15.9 Å². The van der Waals surface area contributed by atoms with Gasteiger partial charge in [-0.25, -0.2) is 9.00 Å². The number of methoxy groups -OCH3 is 1. The number of benzene rings is 1. The second-order valence-corrected chi connectivity index (χ2v) is 4.24. The van der Waals surface area contributed by atoms with Crippen molar-refractivity contribution in [1.82, 2.24) is 0 Å². The molecule has 0 aliphatic heterocycles. The molecule has 0 aliphatic carbocycles. The molecule has 6 heteroatoms. The molecule has 1 unspecified atom stereocenters. The van der Waals surface area contributed by atoms with Gasteiger partial charge in [0.05, 0.1) is 17.6 Å². The number of hydrogen-bond acceptors (Lipinski definition) is 3. The van der Waals surface area contributed by atoms with Gasteiger partial charge in [0, 0.05) is 4.47 Å². The minimum Gasteiger partial charge on any atom is -0.465 e. The Bertz CT molecular complexity index is 391. The van der Waals surface area contributed by atoms with Crippen LogP contribution in [0.5, 0.6) is 0 Å². The lowest BCUT2D eigenvalue weighted by molar-refractivity contribution is 0.0596. The minimum absolute atomic E-state index is 0.0335. The Kier molecular flexibility index (Phi) is 3.79. The largest absolute Gasteiger partial charge is 0.465 e. The first kappa shape index (κ1) is 11.4. The summed E-state index contributed by atoms with van der Waals surface area (Å²) in [7, 11) is 1.22. The highest BCUT2D eigenvalue weighted by Gasteiger charge is 2.15. The third kappa shape index (κ3) is 2.40. The molecule has 0 aliphatic rings. The standard InChI is InChI=1S/C8H7BrO4S/c1-13-8(10)6-3-2-5(9)4-7(6)14(11)12/h2-4H,1H3,(H,11,12). The lowest BCUT2D eigenvalue weighted by Crippen LogP contribution is -2.06. The highest BCUT2D eigenvalue weighted by atomic mass is 79.9. The van der Waals surface area contributed by atoms with E-state index in [1.165, 1.54) is 19.2 Å². The van der Waals surface area contributed by atoms with Crippen LogP contribution in [0.4, 0.5) is 0 Å². The van der Waals surface area contributed by atoms with Gasteiger partial charge in [0.25, 0.3) is 0 Å². The number of rotatable bonds is 2. The van der Waals surface area contributed by atoms with Gasteiger partial charge in [-0.05, 0) is 18.2 Å². The fraction of sp³-hybridized carbons (Fsp3) is 0.125. The van der Waals surface area contributed by atoms with Gasteiger partial charge in [-0.3, -0.25) is 0 Å². The predicted molar refractivity (Wildman–Crippen MR) is 54.5 cm³/mol. The number of hydrogen-bond donors (Lipinski definition) is 1. The molecule has 1 atom stereocenters. The summed E-state index contributed by atoms with van der Waals surface area (Å²) in [6.07, 6.45) is 0. The molecular weight excluding hydrogens is 272 g/mol. The molecule has 1 aromatic carbocycles. The van der Waals surface area contributed by atoms with Crippen LogP contribution in [0.1, 0.15) is 10.4 Å². The maximum atomic E-state index is 11.2. The van der Waals surface area contributed by atoms with Gasteiger partial charge >= 0.3 is 5.97 Å². The smallest absolute Gasteiger partial charge is 0.339 e. The second-order valence-electron chi connectivity index (χ2n) is 2.38. The molecule has 0 amide bonds. The van der Waals surface area contributed by atoms with E-state index in [-0.39, 0.29) is 10.5 Å². The lowest BCUT2D eigenvalue weighted by Gasteiger charge is -2.04. The van der Waals surface area contributed by atoms with Crippen LogP contribution in [0.25, 0.3) is 0 Å². The molecule has 0 heterocycles. The van der Waals surface area contributed by atoms with E-state index in [9.17, 15) is 9.00 Å². The van der Waals surface area contributed by atoms with E-state index in [1.807, 2.05) is 0 Å². The monoisotopic (exact) mass is 278 g/mol. The van der Waals surface area contributed by atoms with Crippen molar-refractivity contribution in [2.45, 2.75) is 4.90 Å². The van der Waals surface area contributed by atoms with E-state index in [0.29, 0.717) is 4.47 Å². The van der Waals surface area contributed by atoms with Crippen molar-refractivity contribution in [1.29, 1.82) is 0 Å². The van der Waals surface area contributed by atoms with Crippen molar-refractivity contribution >= 4 is 33.0 Å². The van der Waals surface area contributed by atoms with Crippen molar-refractivity contribution in [3.05, 3.63) is 28.2 Å². The van der Waals surface area contributed by atoms with Crippen LogP contribution in [-0.4, -0.2) is 21.8 Å². The number of esters is 1. The Labute approximate surface area is 91.7 Å². The summed E-state index contributed by atoms with van der Waals surface area (Å²) in [5, 5.41) is 0. The minimum atomic E-state index is -2.20. The van der Waals surface area contributed by atoms with Crippen LogP contribution < -0.4 is 0 Å².